The van der Waals surface area contributed by atoms with Crippen molar-refractivity contribution in [3.63, 3.8) is 0 Å². The van der Waals surface area contributed by atoms with Crippen molar-refractivity contribution < 1.29 is 22.7 Å². The van der Waals surface area contributed by atoms with E-state index < -0.39 is 23.9 Å². The number of nitrogens with zero attached hydrogens (tertiary/aromatic N) is 5. The highest BCUT2D eigenvalue weighted by Gasteiger charge is 2.35. The predicted molar refractivity (Wildman–Crippen MR) is 105 cm³/mol. The van der Waals surface area contributed by atoms with Crippen LogP contribution in [-0.2, 0) is 10.9 Å². The van der Waals surface area contributed by atoms with Crippen molar-refractivity contribution >= 4 is 28.2 Å². The van der Waals surface area contributed by atoms with Gasteiger partial charge in [0.05, 0.1) is 18.8 Å². The van der Waals surface area contributed by atoms with E-state index in [1.54, 1.807) is 19.2 Å². The number of carbonyl (C=O) groups excluding carboxylic acids is 1. The summed E-state index contributed by atoms with van der Waals surface area (Å²) in [6.45, 7) is 4.24. The van der Waals surface area contributed by atoms with Gasteiger partial charge >= 0.3 is 6.18 Å². The number of rotatable bonds is 4. The average molecular weight is 453 g/mol. The molecule has 0 unspecified atom stereocenters. The maximum atomic E-state index is 12.8. The minimum atomic E-state index is -4.60. The van der Waals surface area contributed by atoms with Crippen molar-refractivity contribution in [3.8, 4) is 0 Å². The van der Waals surface area contributed by atoms with Gasteiger partial charge < -0.3 is 15.0 Å². The van der Waals surface area contributed by atoms with Crippen molar-refractivity contribution in [2.24, 2.45) is 0 Å². The molecule has 0 aromatic carbocycles. The second kappa shape index (κ2) is 8.23. The van der Waals surface area contributed by atoms with Gasteiger partial charge in [-0.1, -0.05) is 0 Å². The predicted octanol–water partition coefficient (Wildman–Crippen LogP) is 3.25. The number of anilines is 2. The third-order valence-electron chi connectivity index (χ3n) is 4.50. The van der Waals surface area contributed by atoms with E-state index in [4.69, 9.17) is 4.74 Å². The fraction of sp³-hybridized carbons (Fsp3) is 0.389. The highest BCUT2D eigenvalue weighted by atomic mass is 32.1. The van der Waals surface area contributed by atoms with Crippen LogP contribution in [0.2, 0.25) is 0 Å². The van der Waals surface area contributed by atoms with Gasteiger partial charge in [-0.3, -0.25) is 9.89 Å². The van der Waals surface area contributed by atoms with Gasteiger partial charge in [-0.05, 0) is 13.8 Å². The molecule has 3 aromatic rings. The van der Waals surface area contributed by atoms with Crippen molar-refractivity contribution in [2.45, 2.75) is 26.1 Å². The number of amides is 1. The van der Waals surface area contributed by atoms with Crippen LogP contribution in [0, 0.1) is 13.8 Å². The van der Waals surface area contributed by atoms with Crippen molar-refractivity contribution in [1.29, 1.82) is 0 Å². The van der Waals surface area contributed by atoms with Crippen molar-refractivity contribution in [3.05, 3.63) is 46.1 Å². The van der Waals surface area contributed by atoms with Gasteiger partial charge in [0.15, 0.2) is 10.8 Å². The van der Waals surface area contributed by atoms with E-state index in [1.807, 2.05) is 12.0 Å². The van der Waals surface area contributed by atoms with E-state index >= 15 is 0 Å². The molecule has 0 saturated carbocycles. The number of halogens is 3. The number of alkyl halides is 3. The number of carbonyl (C=O) groups is 1. The maximum absolute atomic E-state index is 12.8. The summed E-state index contributed by atoms with van der Waals surface area (Å²) in [5.74, 6) is 0.427. The summed E-state index contributed by atoms with van der Waals surface area (Å²) in [5.41, 5.74) is -0.813. The molecular formula is C18H18F3N7O2S. The lowest BCUT2D eigenvalue weighted by Crippen LogP contribution is -2.42. The Morgan fingerprint density at radius 1 is 1.32 bits per heavy atom. The van der Waals surface area contributed by atoms with Gasteiger partial charge in [-0.25, -0.2) is 15.0 Å². The first kappa shape index (κ1) is 21.2. The Morgan fingerprint density at radius 2 is 2.13 bits per heavy atom. The highest BCUT2D eigenvalue weighted by Crippen LogP contribution is 2.29. The van der Waals surface area contributed by atoms with Crippen LogP contribution in [0.5, 0.6) is 0 Å². The van der Waals surface area contributed by atoms with Gasteiger partial charge in [-0.15, -0.1) is 11.3 Å². The van der Waals surface area contributed by atoms with Gasteiger partial charge in [0.25, 0.3) is 5.91 Å². The summed E-state index contributed by atoms with van der Waals surface area (Å²) in [6.07, 6.45) is -3.41. The zero-order valence-corrected chi connectivity index (χ0v) is 17.3. The zero-order chi connectivity index (χ0) is 22.2. The fourth-order valence-electron chi connectivity index (χ4n) is 3.09. The molecule has 2 N–H and O–H groups in total. The molecule has 1 fully saturated rings. The largest absolute Gasteiger partial charge is 0.432 e. The molecule has 1 saturated heterocycles. The number of thiazole rings is 1. The molecule has 13 heteroatoms. The molecule has 0 bridgehead atoms. The number of morpholine rings is 1. The van der Waals surface area contributed by atoms with Gasteiger partial charge in [0, 0.05) is 29.8 Å². The molecule has 4 heterocycles. The number of aromatic nitrogens is 5. The Hall–Kier alpha value is -3.06. The number of hydrogen-bond donors (Lipinski definition) is 2. The van der Waals surface area contributed by atoms with Crippen LogP contribution in [0.3, 0.4) is 0 Å². The lowest BCUT2D eigenvalue weighted by molar-refractivity contribution is -0.141. The highest BCUT2D eigenvalue weighted by molar-refractivity contribution is 7.15. The van der Waals surface area contributed by atoms with E-state index in [2.05, 4.69) is 25.4 Å². The third-order valence-corrected chi connectivity index (χ3v) is 5.33. The van der Waals surface area contributed by atoms with Crippen LogP contribution in [0.15, 0.2) is 18.3 Å². The van der Waals surface area contributed by atoms with E-state index in [0.29, 0.717) is 28.5 Å². The van der Waals surface area contributed by atoms with Gasteiger partial charge in [0.1, 0.15) is 23.4 Å². The summed E-state index contributed by atoms with van der Waals surface area (Å²) in [5, 5.41) is 9.18. The standard InChI is InChI=1S/C18H18F3N7O2S/c1-9-7-22-17(31-9)25-15-6-11(23-10(2)24-15)13-8-28(3-4-30-13)16(29)12-5-14(27-26-12)18(19,20)21/h5-7,13H,3-4,8H2,1-2H3,(H,26,27)(H,22,23,24,25)/t13-/m1/s1. The molecule has 3 aromatic heterocycles. The fourth-order valence-corrected chi connectivity index (χ4v) is 3.76. The molecule has 1 aliphatic rings. The van der Waals surface area contributed by atoms with Crippen molar-refractivity contribution in [1.82, 2.24) is 30.0 Å². The minimum Gasteiger partial charge on any atom is -0.368 e. The lowest BCUT2D eigenvalue weighted by atomic mass is 10.1. The molecule has 1 amide bonds. The summed E-state index contributed by atoms with van der Waals surface area (Å²) < 4.78 is 44.1. The van der Waals surface area contributed by atoms with Crippen LogP contribution in [0.25, 0.3) is 0 Å². The van der Waals surface area contributed by atoms with E-state index in [-0.39, 0.29) is 25.4 Å². The Bertz CT molecular complexity index is 1100. The molecule has 4 rings (SSSR count). The normalized spacial score (nSPS) is 17.1. The smallest absolute Gasteiger partial charge is 0.368 e. The number of H-pyrrole nitrogens is 1. The second-order valence-electron chi connectivity index (χ2n) is 6.90. The topological polar surface area (TPSA) is 109 Å². The molecule has 0 spiro atoms. The average Bonchev–Trinajstić information content (AvgIpc) is 3.36. The Balaban J connectivity index is 1.50. The Labute approximate surface area is 178 Å². The number of hydrogen-bond acceptors (Lipinski definition) is 8. The van der Waals surface area contributed by atoms with Crippen molar-refractivity contribution in [2.75, 3.05) is 25.0 Å². The number of ether oxygens (including phenoxy) is 1. The SMILES string of the molecule is Cc1nc(Nc2ncc(C)s2)cc([C@H]2CN(C(=O)c3cc(C(F)(F)F)[nH]n3)CCO2)n1. The maximum Gasteiger partial charge on any atom is 0.432 e. The summed E-state index contributed by atoms with van der Waals surface area (Å²) in [6, 6.07) is 2.42. The van der Waals surface area contributed by atoms with Gasteiger partial charge in [-0.2, -0.15) is 18.3 Å². The summed E-state index contributed by atoms with van der Waals surface area (Å²) in [7, 11) is 0. The monoisotopic (exact) mass is 453 g/mol. The number of aromatic amines is 1. The number of aryl methyl sites for hydroxylation is 2. The summed E-state index contributed by atoms with van der Waals surface area (Å²) in [4.78, 5) is 28.1. The summed E-state index contributed by atoms with van der Waals surface area (Å²) >= 11 is 1.48. The van der Waals surface area contributed by atoms with Gasteiger partial charge in [0.2, 0.25) is 0 Å². The van der Waals surface area contributed by atoms with E-state index in [9.17, 15) is 18.0 Å². The van der Waals surface area contributed by atoms with Crippen LogP contribution >= 0.6 is 11.3 Å². The van der Waals surface area contributed by atoms with Crippen LogP contribution < -0.4 is 5.32 Å². The van der Waals surface area contributed by atoms with Crippen LogP contribution in [-0.4, -0.2) is 55.7 Å². The molecule has 9 nitrogen and oxygen atoms in total. The number of nitrogens with one attached hydrogen (secondary N) is 2. The first-order valence-corrected chi connectivity index (χ1v) is 10.1. The molecule has 0 radical (unpaired) electrons. The molecule has 1 atom stereocenters. The third kappa shape index (κ3) is 4.82. The molecule has 164 valence electrons. The Morgan fingerprint density at radius 3 is 2.81 bits per heavy atom. The van der Waals surface area contributed by atoms with E-state index in [1.165, 1.54) is 16.2 Å². The molecule has 1 aliphatic heterocycles. The second-order valence-corrected chi connectivity index (χ2v) is 8.14. The molecule has 31 heavy (non-hydrogen) atoms. The van der Waals surface area contributed by atoms with E-state index in [0.717, 1.165) is 4.88 Å². The molecule has 0 aliphatic carbocycles. The Kier molecular flexibility index (Phi) is 5.62. The molecular weight excluding hydrogens is 435 g/mol. The first-order valence-electron chi connectivity index (χ1n) is 9.27. The van der Waals surface area contributed by atoms with Crippen LogP contribution in [0.1, 0.15) is 38.7 Å². The van der Waals surface area contributed by atoms with Crippen LogP contribution in [0.4, 0.5) is 24.1 Å². The minimum absolute atomic E-state index is 0.124. The first-order chi connectivity index (χ1) is 14.7. The quantitative estimate of drug-likeness (QED) is 0.624. The lowest BCUT2D eigenvalue weighted by Gasteiger charge is -2.32. The zero-order valence-electron chi connectivity index (χ0n) is 16.5.